The van der Waals surface area contributed by atoms with Crippen LogP contribution in [0.3, 0.4) is 0 Å². The lowest BCUT2D eigenvalue weighted by molar-refractivity contribution is -0.182. The summed E-state index contributed by atoms with van der Waals surface area (Å²) in [6.07, 6.45) is -5.27. The molecule has 4 nitrogen and oxygen atoms in total. The summed E-state index contributed by atoms with van der Waals surface area (Å²) in [5, 5.41) is 4.86. The number of rotatable bonds is 5. The molecule has 2 aromatic carbocycles. The Bertz CT molecular complexity index is 894. The third-order valence-electron chi connectivity index (χ3n) is 3.50. The summed E-state index contributed by atoms with van der Waals surface area (Å²) >= 11 is 4.25. The molecule has 1 atom stereocenters. The standard InChI is InChI=1S/C17H12F5N3OS/c1-10-5-7-11(8-6-10)15(26)25-17(23-9-27,16(20,21)22)24-13-4-2-3-12(18)14(13)19/h2-8,24H,1H3,(H,25,26). The number of aryl methyl sites for hydroxylation is 1. The number of anilines is 1. The number of benzene rings is 2. The molecule has 0 fully saturated rings. The molecule has 2 rings (SSSR count). The summed E-state index contributed by atoms with van der Waals surface area (Å²) in [6, 6.07) is 8.22. The molecule has 0 aliphatic heterocycles. The van der Waals surface area contributed by atoms with Gasteiger partial charge < -0.3 is 10.6 Å². The van der Waals surface area contributed by atoms with Gasteiger partial charge in [-0.15, -0.1) is 0 Å². The second kappa shape index (κ2) is 7.81. The first kappa shape index (κ1) is 20.5. The van der Waals surface area contributed by atoms with E-state index in [-0.39, 0.29) is 5.56 Å². The summed E-state index contributed by atoms with van der Waals surface area (Å²) < 4.78 is 68.5. The number of nitrogens with one attached hydrogen (secondary N) is 2. The van der Waals surface area contributed by atoms with E-state index in [0.29, 0.717) is 0 Å². The molecule has 0 radical (unpaired) electrons. The van der Waals surface area contributed by atoms with E-state index in [1.165, 1.54) is 29.4 Å². The van der Waals surface area contributed by atoms with Gasteiger partial charge in [0.15, 0.2) is 11.6 Å². The molecule has 2 N–H and O–H groups in total. The molecule has 10 heteroatoms. The van der Waals surface area contributed by atoms with E-state index in [2.05, 4.69) is 17.2 Å². The molecule has 0 bridgehead atoms. The largest absolute Gasteiger partial charge is 0.454 e. The number of thiocarbonyl (C=S) groups is 1. The topological polar surface area (TPSA) is 53.5 Å². The average molecular weight is 401 g/mol. The van der Waals surface area contributed by atoms with Gasteiger partial charge in [0, 0.05) is 5.56 Å². The minimum atomic E-state index is -5.27. The van der Waals surface area contributed by atoms with Gasteiger partial charge in [-0.2, -0.15) is 18.2 Å². The first-order valence-corrected chi connectivity index (χ1v) is 7.77. The van der Waals surface area contributed by atoms with Crippen LogP contribution in [-0.2, 0) is 0 Å². The number of alkyl halides is 3. The minimum Gasteiger partial charge on any atom is -0.333 e. The van der Waals surface area contributed by atoms with Crippen molar-refractivity contribution in [3.63, 3.8) is 0 Å². The van der Waals surface area contributed by atoms with Crippen LogP contribution < -0.4 is 10.6 Å². The Morgan fingerprint density at radius 3 is 2.30 bits per heavy atom. The van der Waals surface area contributed by atoms with Crippen LogP contribution in [0.15, 0.2) is 47.5 Å². The van der Waals surface area contributed by atoms with Crippen molar-refractivity contribution in [3.05, 3.63) is 65.2 Å². The molecule has 0 aliphatic carbocycles. The number of hydrogen-bond acceptors (Lipinski definition) is 4. The van der Waals surface area contributed by atoms with Crippen molar-refractivity contribution in [1.82, 2.24) is 5.32 Å². The number of halogens is 5. The van der Waals surface area contributed by atoms with Crippen LogP contribution in [0.4, 0.5) is 27.6 Å². The van der Waals surface area contributed by atoms with Crippen LogP contribution in [0.2, 0.25) is 0 Å². The Morgan fingerprint density at radius 2 is 1.74 bits per heavy atom. The molecular formula is C17H12F5N3OS. The van der Waals surface area contributed by atoms with Crippen LogP contribution >= 0.6 is 12.2 Å². The number of aliphatic imine (C=N–C) groups is 1. The molecule has 2 aromatic rings. The molecule has 0 spiro atoms. The van der Waals surface area contributed by atoms with Crippen molar-refractivity contribution in [2.45, 2.75) is 18.9 Å². The van der Waals surface area contributed by atoms with Gasteiger partial charge >= 0.3 is 12.0 Å². The van der Waals surface area contributed by atoms with Crippen molar-refractivity contribution in [3.8, 4) is 0 Å². The van der Waals surface area contributed by atoms with E-state index >= 15 is 0 Å². The Labute approximate surface area is 156 Å². The Balaban J connectivity index is 2.49. The van der Waals surface area contributed by atoms with E-state index in [1.807, 2.05) is 0 Å². The van der Waals surface area contributed by atoms with Gasteiger partial charge in [0.2, 0.25) is 0 Å². The fourth-order valence-electron chi connectivity index (χ4n) is 2.10. The second-order valence-corrected chi connectivity index (χ2v) is 5.64. The highest BCUT2D eigenvalue weighted by atomic mass is 32.1. The average Bonchev–Trinajstić information content (AvgIpc) is 2.58. The molecule has 142 valence electrons. The lowest BCUT2D eigenvalue weighted by Crippen LogP contribution is -2.62. The van der Waals surface area contributed by atoms with Crippen LogP contribution in [0.1, 0.15) is 15.9 Å². The third kappa shape index (κ3) is 4.47. The fourth-order valence-corrected chi connectivity index (χ4v) is 2.23. The van der Waals surface area contributed by atoms with Crippen LogP contribution in [0.25, 0.3) is 0 Å². The van der Waals surface area contributed by atoms with Crippen molar-refractivity contribution < 1.29 is 26.7 Å². The third-order valence-corrected chi connectivity index (χ3v) is 3.59. The Kier molecular flexibility index (Phi) is 5.92. The highest BCUT2D eigenvalue weighted by Crippen LogP contribution is 2.34. The van der Waals surface area contributed by atoms with Crippen LogP contribution in [-0.4, -0.2) is 23.0 Å². The van der Waals surface area contributed by atoms with E-state index < -0.39 is 35.2 Å². The number of isothiocyanates is 1. The molecule has 0 aromatic heterocycles. The lowest BCUT2D eigenvalue weighted by Gasteiger charge is -2.33. The number of carbonyl (C=O) groups is 1. The van der Waals surface area contributed by atoms with Crippen LogP contribution in [0, 0.1) is 18.6 Å². The van der Waals surface area contributed by atoms with E-state index in [1.54, 1.807) is 17.6 Å². The number of nitrogens with zero attached hydrogens (tertiary/aromatic N) is 1. The van der Waals surface area contributed by atoms with Crippen molar-refractivity contribution in [2.24, 2.45) is 4.99 Å². The molecule has 0 aliphatic rings. The zero-order valence-electron chi connectivity index (χ0n) is 13.7. The second-order valence-electron chi connectivity index (χ2n) is 5.46. The molecular weight excluding hydrogens is 389 g/mol. The van der Waals surface area contributed by atoms with Gasteiger partial charge in [-0.25, -0.2) is 8.78 Å². The molecule has 27 heavy (non-hydrogen) atoms. The first-order valence-electron chi connectivity index (χ1n) is 7.37. The van der Waals surface area contributed by atoms with Crippen molar-refractivity contribution >= 4 is 29.0 Å². The quantitative estimate of drug-likeness (QED) is 0.337. The predicted molar refractivity (Wildman–Crippen MR) is 92.4 cm³/mol. The van der Waals surface area contributed by atoms with Crippen molar-refractivity contribution in [2.75, 3.05) is 5.32 Å². The summed E-state index contributed by atoms with van der Waals surface area (Å²) in [7, 11) is 0. The zero-order valence-corrected chi connectivity index (χ0v) is 14.5. The van der Waals surface area contributed by atoms with Gasteiger partial charge in [-0.1, -0.05) is 23.8 Å². The van der Waals surface area contributed by atoms with Crippen LogP contribution in [0.5, 0.6) is 0 Å². The van der Waals surface area contributed by atoms with Gasteiger partial charge in [0.25, 0.3) is 5.91 Å². The molecule has 0 heterocycles. The summed E-state index contributed by atoms with van der Waals surface area (Å²) in [4.78, 5) is 15.3. The van der Waals surface area contributed by atoms with E-state index in [4.69, 9.17) is 0 Å². The van der Waals surface area contributed by atoms with Gasteiger partial charge in [-0.05, 0) is 43.4 Å². The zero-order chi connectivity index (χ0) is 20.2. The molecule has 0 saturated heterocycles. The maximum absolute atomic E-state index is 13.9. The normalized spacial score (nSPS) is 13.3. The van der Waals surface area contributed by atoms with Gasteiger partial charge in [-0.3, -0.25) is 4.79 Å². The monoisotopic (exact) mass is 401 g/mol. The van der Waals surface area contributed by atoms with E-state index in [0.717, 1.165) is 23.8 Å². The smallest absolute Gasteiger partial charge is 0.333 e. The predicted octanol–water partition coefficient (Wildman–Crippen LogP) is 4.43. The minimum absolute atomic E-state index is 0.102. The van der Waals surface area contributed by atoms with Gasteiger partial charge in [0.1, 0.15) is 0 Å². The Hall–Kier alpha value is -2.84. The fraction of sp³-hybridized carbons (Fsp3) is 0.176. The highest BCUT2D eigenvalue weighted by molar-refractivity contribution is 7.78. The van der Waals surface area contributed by atoms with E-state index in [9.17, 15) is 26.7 Å². The SMILES string of the molecule is Cc1ccc(C(=O)NC(N=C=S)(Nc2cccc(F)c2F)C(F)(F)F)cc1. The first-order chi connectivity index (χ1) is 12.6. The molecule has 0 saturated carbocycles. The molecule has 1 unspecified atom stereocenters. The number of amides is 1. The summed E-state index contributed by atoms with van der Waals surface area (Å²) in [6.45, 7) is 1.73. The lowest BCUT2D eigenvalue weighted by atomic mass is 10.1. The highest BCUT2D eigenvalue weighted by Gasteiger charge is 2.57. The van der Waals surface area contributed by atoms with Gasteiger partial charge in [0.05, 0.1) is 10.8 Å². The maximum atomic E-state index is 13.9. The summed E-state index contributed by atoms with van der Waals surface area (Å²) in [5.74, 6) is -7.67. The van der Waals surface area contributed by atoms with Crippen molar-refractivity contribution in [1.29, 1.82) is 0 Å². The number of carbonyl (C=O) groups excluding carboxylic acids is 1. The maximum Gasteiger partial charge on any atom is 0.454 e. The number of hydrogen-bond donors (Lipinski definition) is 2. The summed E-state index contributed by atoms with van der Waals surface area (Å²) in [5.41, 5.74) is -0.189. The Morgan fingerprint density at radius 1 is 1.11 bits per heavy atom. The molecule has 1 amide bonds.